The van der Waals surface area contributed by atoms with Gasteiger partial charge in [0.15, 0.2) is 0 Å². The van der Waals surface area contributed by atoms with Gasteiger partial charge in [0, 0.05) is 16.8 Å². The summed E-state index contributed by atoms with van der Waals surface area (Å²) in [5.41, 5.74) is 0.0764. The summed E-state index contributed by atoms with van der Waals surface area (Å²) in [5.74, 6) is -1.34. The molecule has 1 N–H and O–H groups in total. The van der Waals surface area contributed by atoms with E-state index >= 15 is 0 Å². The van der Waals surface area contributed by atoms with Crippen LogP contribution in [-0.4, -0.2) is 20.9 Å². The highest BCUT2D eigenvalue weighted by atomic mass is 35.5. The molecule has 92 valence electrons. The molecule has 2 aromatic rings. The molecule has 0 aliphatic carbocycles. The number of hydrogen-bond acceptors (Lipinski definition) is 3. The van der Waals surface area contributed by atoms with E-state index in [4.69, 9.17) is 16.7 Å². The lowest BCUT2D eigenvalue weighted by Gasteiger charge is -2.09. The second-order valence-electron chi connectivity index (χ2n) is 3.69. The fourth-order valence-corrected chi connectivity index (χ4v) is 1.67. The van der Waals surface area contributed by atoms with Crippen molar-refractivity contribution in [2.24, 2.45) is 0 Å². The number of benzene rings is 1. The highest BCUT2D eigenvalue weighted by Crippen LogP contribution is 2.13. The van der Waals surface area contributed by atoms with Gasteiger partial charge >= 0.3 is 5.97 Å². The number of carboxylic acids is 1. The van der Waals surface area contributed by atoms with Crippen molar-refractivity contribution >= 4 is 17.6 Å². The molecule has 6 heteroatoms. The van der Waals surface area contributed by atoms with Gasteiger partial charge in [0.05, 0.1) is 5.69 Å². The number of aromatic carboxylic acids is 1. The average Bonchev–Trinajstić information content (AvgIpc) is 2.30. The standard InChI is InChI=1S/C12H9ClN2O3/c1-7-6-10(16)11(12(17)18)14-15(7)9-4-2-8(13)3-5-9/h2-6H,1H3,(H,17,18). The van der Waals surface area contributed by atoms with Gasteiger partial charge in [0.25, 0.3) is 0 Å². The Morgan fingerprint density at radius 3 is 2.50 bits per heavy atom. The first-order chi connectivity index (χ1) is 8.49. The second kappa shape index (κ2) is 4.62. The van der Waals surface area contributed by atoms with Gasteiger partial charge in [-0.25, -0.2) is 9.48 Å². The lowest BCUT2D eigenvalue weighted by Crippen LogP contribution is -2.22. The van der Waals surface area contributed by atoms with Gasteiger partial charge in [-0.15, -0.1) is 0 Å². The summed E-state index contributed by atoms with van der Waals surface area (Å²) in [6.07, 6.45) is 0. The molecule has 0 amide bonds. The fraction of sp³-hybridized carbons (Fsp3) is 0.0833. The number of aryl methyl sites for hydroxylation is 1. The lowest BCUT2D eigenvalue weighted by atomic mass is 10.3. The molecule has 5 nitrogen and oxygen atoms in total. The molecule has 1 aromatic heterocycles. The van der Waals surface area contributed by atoms with E-state index in [0.29, 0.717) is 16.4 Å². The zero-order chi connectivity index (χ0) is 13.3. The SMILES string of the molecule is Cc1cc(=O)c(C(=O)O)nn1-c1ccc(Cl)cc1. The molecular weight excluding hydrogens is 256 g/mol. The van der Waals surface area contributed by atoms with Crippen molar-refractivity contribution < 1.29 is 9.90 Å². The van der Waals surface area contributed by atoms with Crippen LogP contribution in [0.15, 0.2) is 35.1 Å². The first-order valence-electron chi connectivity index (χ1n) is 5.09. The Labute approximate surface area is 107 Å². The normalized spacial score (nSPS) is 10.3. The monoisotopic (exact) mass is 264 g/mol. The number of carboxylic acid groups (broad SMARTS) is 1. The number of carbonyl (C=O) groups is 1. The molecule has 0 aliphatic heterocycles. The van der Waals surface area contributed by atoms with Crippen molar-refractivity contribution in [3.8, 4) is 5.69 Å². The van der Waals surface area contributed by atoms with Gasteiger partial charge < -0.3 is 5.11 Å². The summed E-state index contributed by atoms with van der Waals surface area (Å²) >= 11 is 5.77. The Kier molecular flexibility index (Phi) is 3.16. The summed E-state index contributed by atoms with van der Waals surface area (Å²) in [7, 11) is 0. The number of aromatic nitrogens is 2. The van der Waals surface area contributed by atoms with Crippen molar-refractivity contribution in [3.05, 3.63) is 57.0 Å². The van der Waals surface area contributed by atoms with Crippen LogP contribution in [0.25, 0.3) is 5.69 Å². The Balaban J connectivity index is 2.64. The molecule has 0 fully saturated rings. The fourth-order valence-electron chi connectivity index (χ4n) is 1.54. The van der Waals surface area contributed by atoms with Gasteiger partial charge in [-0.3, -0.25) is 4.79 Å². The summed E-state index contributed by atoms with van der Waals surface area (Å²) in [6, 6.07) is 7.95. The van der Waals surface area contributed by atoms with E-state index in [9.17, 15) is 9.59 Å². The molecule has 0 saturated carbocycles. The van der Waals surface area contributed by atoms with Crippen molar-refractivity contribution in [2.75, 3.05) is 0 Å². The molecule has 2 rings (SSSR count). The largest absolute Gasteiger partial charge is 0.476 e. The average molecular weight is 265 g/mol. The molecule has 1 aromatic carbocycles. The Bertz CT molecular complexity index is 662. The van der Waals surface area contributed by atoms with E-state index in [0.717, 1.165) is 0 Å². The molecule has 0 atom stereocenters. The van der Waals surface area contributed by atoms with Crippen LogP contribution >= 0.6 is 11.6 Å². The zero-order valence-corrected chi connectivity index (χ0v) is 10.2. The minimum absolute atomic E-state index is 0.504. The molecule has 1 heterocycles. The van der Waals surface area contributed by atoms with E-state index in [-0.39, 0.29) is 0 Å². The van der Waals surface area contributed by atoms with Gasteiger partial charge in [-0.2, -0.15) is 5.10 Å². The molecule has 0 saturated heterocycles. The molecule has 0 aliphatic rings. The number of halogens is 1. The summed E-state index contributed by atoms with van der Waals surface area (Å²) in [6.45, 7) is 1.68. The molecule has 0 unspecified atom stereocenters. The summed E-state index contributed by atoms with van der Waals surface area (Å²) in [5, 5.41) is 13.3. The van der Waals surface area contributed by atoms with Crippen molar-refractivity contribution in [2.45, 2.75) is 6.92 Å². The quantitative estimate of drug-likeness (QED) is 0.899. The van der Waals surface area contributed by atoms with Gasteiger partial charge in [-0.1, -0.05) is 11.6 Å². The van der Waals surface area contributed by atoms with Gasteiger partial charge in [-0.05, 0) is 31.2 Å². The van der Waals surface area contributed by atoms with Gasteiger partial charge in [0.2, 0.25) is 11.1 Å². The van der Waals surface area contributed by atoms with Crippen LogP contribution in [0, 0.1) is 6.92 Å². The van der Waals surface area contributed by atoms with Gasteiger partial charge in [0.1, 0.15) is 0 Å². The van der Waals surface area contributed by atoms with Crippen LogP contribution in [0.4, 0.5) is 0 Å². The molecular formula is C12H9ClN2O3. The van der Waals surface area contributed by atoms with Crippen LogP contribution in [0.2, 0.25) is 5.02 Å². The maximum atomic E-state index is 11.4. The van der Waals surface area contributed by atoms with E-state index in [2.05, 4.69) is 5.10 Å². The highest BCUT2D eigenvalue weighted by Gasteiger charge is 2.13. The zero-order valence-electron chi connectivity index (χ0n) is 9.42. The van der Waals surface area contributed by atoms with Crippen molar-refractivity contribution in [1.82, 2.24) is 9.78 Å². The Morgan fingerprint density at radius 1 is 1.33 bits per heavy atom. The smallest absolute Gasteiger partial charge is 0.360 e. The number of rotatable bonds is 2. The summed E-state index contributed by atoms with van der Waals surface area (Å²) in [4.78, 5) is 22.3. The minimum Gasteiger partial charge on any atom is -0.476 e. The third kappa shape index (κ3) is 2.26. The maximum absolute atomic E-state index is 11.4. The van der Waals surface area contributed by atoms with E-state index in [1.54, 1.807) is 31.2 Å². The van der Waals surface area contributed by atoms with Crippen LogP contribution in [0.3, 0.4) is 0 Å². The Morgan fingerprint density at radius 2 is 1.94 bits per heavy atom. The van der Waals surface area contributed by atoms with Crippen LogP contribution in [0.1, 0.15) is 16.2 Å². The van der Waals surface area contributed by atoms with Crippen molar-refractivity contribution in [1.29, 1.82) is 0 Å². The van der Waals surface area contributed by atoms with E-state index < -0.39 is 17.1 Å². The molecule has 18 heavy (non-hydrogen) atoms. The molecule has 0 bridgehead atoms. The predicted molar refractivity (Wildman–Crippen MR) is 66.5 cm³/mol. The minimum atomic E-state index is -1.34. The summed E-state index contributed by atoms with van der Waals surface area (Å²) < 4.78 is 1.39. The van der Waals surface area contributed by atoms with E-state index in [1.807, 2.05) is 0 Å². The first kappa shape index (κ1) is 12.3. The van der Waals surface area contributed by atoms with Crippen molar-refractivity contribution in [3.63, 3.8) is 0 Å². The predicted octanol–water partition coefficient (Wildman–Crippen LogP) is 1.89. The van der Waals surface area contributed by atoms with E-state index in [1.165, 1.54) is 10.7 Å². The number of hydrogen-bond donors (Lipinski definition) is 1. The van der Waals surface area contributed by atoms with Crippen LogP contribution in [0.5, 0.6) is 0 Å². The topological polar surface area (TPSA) is 72.2 Å². The molecule has 0 radical (unpaired) electrons. The number of nitrogens with zero attached hydrogens (tertiary/aromatic N) is 2. The van der Waals surface area contributed by atoms with Crippen LogP contribution < -0.4 is 5.43 Å². The molecule has 0 spiro atoms. The first-order valence-corrected chi connectivity index (χ1v) is 5.47. The Hall–Kier alpha value is -2.14. The third-order valence-corrected chi connectivity index (χ3v) is 2.63. The second-order valence-corrected chi connectivity index (χ2v) is 4.13. The maximum Gasteiger partial charge on any atom is 0.360 e. The van der Waals surface area contributed by atoms with Crippen LogP contribution in [-0.2, 0) is 0 Å². The lowest BCUT2D eigenvalue weighted by molar-refractivity contribution is 0.0686. The highest BCUT2D eigenvalue weighted by molar-refractivity contribution is 6.30. The third-order valence-electron chi connectivity index (χ3n) is 2.38.